The van der Waals surface area contributed by atoms with Gasteiger partial charge in [0, 0.05) is 7.05 Å². The lowest BCUT2D eigenvalue weighted by Crippen LogP contribution is -2.24. The second-order valence-corrected chi connectivity index (χ2v) is 4.04. The summed E-state index contributed by atoms with van der Waals surface area (Å²) in [5, 5.41) is 6.42. The number of amides is 2. The third-order valence-corrected chi connectivity index (χ3v) is 2.58. The van der Waals surface area contributed by atoms with Gasteiger partial charge in [0.25, 0.3) is 11.8 Å². The van der Waals surface area contributed by atoms with Crippen LogP contribution in [0.3, 0.4) is 0 Å². The van der Waals surface area contributed by atoms with Crippen molar-refractivity contribution >= 4 is 17.6 Å². The first kappa shape index (κ1) is 13.6. The number of aromatic nitrogens is 2. The van der Waals surface area contributed by atoms with Gasteiger partial charge < -0.3 is 15.8 Å². The molecule has 2 amide bonds. The van der Waals surface area contributed by atoms with E-state index in [1.807, 2.05) is 6.07 Å². The summed E-state index contributed by atoms with van der Waals surface area (Å²) in [5.74, 6) is -0.223. The monoisotopic (exact) mass is 274 g/mol. The second kappa shape index (κ2) is 5.87. The molecule has 20 heavy (non-hydrogen) atoms. The molecule has 0 aliphatic rings. The van der Waals surface area contributed by atoms with Gasteiger partial charge in [-0.3, -0.25) is 14.3 Å². The summed E-state index contributed by atoms with van der Waals surface area (Å²) in [6.45, 7) is -0.173. The highest BCUT2D eigenvalue weighted by Gasteiger charge is 2.15. The number of nitrogens with zero attached hydrogens (tertiary/aromatic N) is 2. The molecular weight excluding hydrogens is 260 g/mol. The minimum Gasteiger partial charge on any atom is -0.484 e. The van der Waals surface area contributed by atoms with E-state index in [9.17, 15) is 9.59 Å². The normalized spacial score (nSPS) is 10.1. The largest absolute Gasteiger partial charge is 0.484 e. The number of para-hydroxylation sites is 1. The number of carbonyl (C=O) groups is 2. The van der Waals surface area contributed by atoms with Crippen LogP contribution in [-0.4, -0.2) is 28.2 Å². The molecule has 0 aliphatic carbocycles. The van der Waals surface area contributed by atoms with E-state index in [1.54, 1.807) is 31.3 Å². The first-order valence-electron chi connectivity index (χ1n) is 5.87. The Balaban J connectivity index is 1.98. The van der Waals surface area contributed by atoms with Gasteiger partial charge in [-0.25, -0.2) is 0 Å². The first-order chi connectivity index (χ1) is 9.58. The predicted molar refractivity (Wildman–Crippen MR) is 72.3 cm³/mol. The van der Waals surface area contributed by atoms with E-state index < -0.39 is 11.8 Å². The summed E-state index contributed by atoms with van der Waals surface area (Å²) in [5.41, 5.74) is 5.35. The van der Waals surface area contributed by atoms with E-state index in [-0.39, 0.29) is 18.0 Å². The van der Waals surface area contributed by atoms with E-state index in [2.05, 4.69) is 10.4 Å². The third kappa shape index (κ3) is 3.14. The molecule has 3 N–H and O–H groups in total. The maximum Gasteiger partial charge on any atom is 0.263 e. The number of nitrogens with one attached hydrogen (secondary N) is 1. The van der Waals surface area contributed by atoms with Crippen molar-refractivity contribution in [1.29, 1.82) is 0 Å². The molecule has 0 bridgehead atoms. The number of anilines is 1. The van der Waals surface area contributed by atoms with E-state index in [0.29, 0.717) is 5.75 Å². The van der Waals surface area contributed by atoms with Crippen LogP contribution in [0.2, 0.25) is 0 Å². The molecule has 0 radical (unpaired) electrons. The quantitative estimate of drug-likeness (QED) is 0.831. The Kier molecular flexibility index (Phi) is 3.99. The Morgan fingerprint density at radius 1 is 1.35 bits per heavy atom. The van der Waals surface area contributed by atoms with Gasteiger partial charge in [0.1, 0.15) is 17.1 Å². The molecule has 2 aromatic rings. The molecule has 1 aromatic carbocycles. The van der Waals surface area contributed by atoms with Crippen LogP contribution in [0.5, 0.6) is 5.75 Å². The van der Waals surface area contributed by atoms with Crippen molar-refractivity contribution in [2.75, 3.05) is 11.9 Å². The van der Waals surface area contributed by atoms with Crippen LogP contribution >= 0.6 is 0 Å². The Morgan fingerprint density at radius 3 is 2.70 bits per heavy atom. The Labute approximate surface area is 115 Å². The summed E-state index contributed by atoms with van der Waals surface area (Å²) in [6.07, 6.45) is 1.30. The number of hydrogen-bond donors (Lipinski definition) is 2. The predicted octanol–water partition coefficient (Wildman–Crippen LogP) is 0.536. The summed E-state index contributed by atoms with van der Waals surface area (Å²) in [7, 11) is 1.60. The van der Waals surface area contributed by atoms with Crippen LogP contribution in [0.25, 0.3) is 0 Å². The smallest absolute Gasteiger partial charge is 0.263 e. The fraction of sp³-hybridized carbons (Fsp3) is 0.154. The van der Waals surface area contributed by atoms with Crippen LogP contribution in [-0.2, 0) is 11.8 Å². The number of ether oxygens (including phenoxy) is 1. The van der Waals surface area contributed by atoms with E-state index in [1.165, 1.54) is 10.9 Å². The Bertz CT molecular complexity index is 622. The fourth-order valence-electron chi connectivity index (χ4n) is 1.60. The third-order valence-electron chi connectivity index (χ3n) is 2.58. The van der Waals surface area contributed by atoms with Crippen LogP contribution in [0.4, 0.5) is 5.82 Å². The Morgan fingerprint density at radius 2 is 2.05 bits per heavy atom. The van der Waals surface area contributed by atoms with Crippen molar-refractivity contribution < 1.29 is 14.3 Å². The number of primary amides is 1. The molecule has 0 saturated heterocycles. The zero-order chi connectivity index (χ0) is 14.5. The molecular formula is C13H14N4O3. The average molecular weight is 274 g/mol. The van der Waals surface area contributed by atoms with Crippen molar-refractivity contribution in [3.63, 3.8) is 0 Å². The first-order valence-corrected chi connectivity index (χ1v) is 5.87. The van der Waals surface area contributed by atoms with E-state index in [4.69, 9.17) is 10.5 Å². The van der Waals surface area contributed by atoms with Crippen molar-refractivity contribution in [3.8, 4) is 5.75 Å². The Hall–Kier alpha value is -2.83. The van der Waals surface area contributed by atoms with Gasteiger partial charge in [0.15, 0.2) is 6.61 Å². The summed E-state index contributed by atoms with van der Waals surface area (Å²) >= 11 is 0. The molecule has 0 saturated carbocycles. The minimum absolute atomic E-state index is 0.153. The number of aryl methyl sites for hydroxylation is 1. The van der Waals surface area contributed by atoms with Gasteiger partial charge in [-0.1, -0.05) is 18.2 Å². The number of hydrogen-bond acceptors (Lipinski definition) is 4. The summed E-state index contributed by atoms with van der Waals surface area (Å²) in [4.78, 5) is 23.0. The lowest BCUT2D eigenvalue weighted by atomic mass is 10.3. The molecule has 2 rings (SSSR count). The zero-order valence-corrected chi connectivity index (χ0v) is 10.9. The fourth-order valence-corrected chi connectivity index (χ4v) is 1.60. The second-order valence-electron chi connectivity index (χ2n) is 4.04. The number of carbonyl (C=O) groups excluding carboxylic acids is 2. The van der Waals surface area contributed by atoms with E-state index in [0.717, 1.165) is 0 Å². The maximum absolute atomic E-state index is 11.8. The highest BCUT2D eigenvalue weighted by Crippen LogP contribution is 2.13. The van der Waals surface area contributed by atoms with Crippen molar-refractivity contribution in [2.24, 2.45) is 12.8 Å². The minimum atomic E-state index is -0.655. The summed E-state index contributed by atoms with van der Waals surface area (Å²) < 4.78 is 6.66. The van der Waals surface area contributed by atoms with Gasteiger partial charge >= 0.3 is 0 Å². The summed E-state index contributed by atoms with van der Waals surface area (Å²) in [6, 6.07) is 8.94. The molecule has 0 fully saturated rings. The molecule has 0 aliphatic heterocycles. The van der Waals surface area contributed by atoms with Crippen molar-refractivity contribution in [3.05, 3.63) is 42.1 Å². The highest BCUT2D eigenvalue weighted by molar-refractivity contribution is 6.02. The van der Waals surface area contributed by atoms with E-state index >= 15 is 0 Å². The standard InChI is InChI=1S/C13H14N4O3/c1-17-13(10(7-15-17)12(14)19)16-11(18)8-20-9-5-3-2-4-6-9/h2-7H,8H2,1H3,(H2,14,19)(H,16,18). The lowest BCUT2D eigenvalue weighted by Gasteiger charge is -2.08. The van der Waals surface area contributed by atoms with Gasteiger partial charge in [0.05, 0.1) is 6.20 Å². The molecule has 0 spiro atoms. The molecule has 0 atom stereocenters. The number of benzene rings is 1. The van der Waals surface area contributed by atoms with Gasteiger partial charge in [-0.05, 0) is 12.1 Å². The van der Waals surface area contributed by atoms with Crippen LogP contribution in [0, 0.1) is 0 Å². The van der Waals surface area contributed by atoms with Gasteiger partial charge in [-0.15, -0.1) is 0 Å². The van der Waals surface area contributed by atoms with Crippen LogP contribution in [0.1, 0.15) is 10.4 Å². The van der Waals surface area contributed by atoms with Gasteiger partial charge in [0.2, 0.25) is 0 Å². The molecule has 7 heteroatoms. The zero-order valence-electron chi connectivity index (χ0n) is 10.9. The molecule has 104 valence electrons. The topological polar surface area (TPSA) is 99.2 Å². The average Bonchev–Trinajstić information content (AvgIpc) is 2.79. The maximum atomic E-state index is 11.8. The number of nitrogens with two attached hydrogens (primary N) is 1. The highest BCUT2D eigenvalue weighted by atomic mass is 16.5. The van der Waals surface area contributed by atoms with Crippen LogP contribution < -0.4 is 15.8 Å². The molecule has 7 nitrogen and oxygen atoms in total. The molecule has 1 aromatic heterocycles. The molecule has 1 heterocycles. The van der Waals surface area contributed by atoms with Crippen molar-refractivity contribution in [2.45, 2.75) is 0 Å². The van der Waals surface area contributed by atoms with Crippen LogP contribution in [0.15, 0.2) is 36.5 Å². The number of rotatable bonds is 5. The lowest BCUT2D eigenvalue weighted by molar-refractivity contribution is -0.118. The van der Waals surface area contributed by atoms with Crippen molar-refractivity contribution in [1.82, 2.24) is 9.78 Å². The van der Waals surface area contributed by atoms with Gasteiger partial charge in [-0.2, -0.15) is 5.10 Å². The SMILES string of the molecule is Cn1ncc(C(N)=O)c1NC(=O)COc1ccccc1. The molecule has 0 unspecified atom stereocenters.